The van der Waals surface area contributed by atoms with Crippen molar-refractivity contribution in [3.8, 4) is 0 Å². The molecule has 0 fully saturated rings. The van der Waals surface area contributed by atoms with Crippen LogP contribution in [0.15, 0.2) is 0 Å². The standard InChI is InChI=1S/2Ag.2H2O/h;;2*1H2/q2*+1;;/p-2. The quantitative estimate of drug-likeness (QED) is 0.551. The predicted octanol–water partition coefficient (Wildman–Crippen LogP) is -0.359. The number of hydrogen-bond donors (Lipinski definition) is 0. The van der Waals surface area contributed by atoms with E-state index < -0.39 is 0 Å². The zero-order valence-electron chi connectivity index (χ0n) is 1.50. The molecule has 2 N–H and O–H groups in total. The van der Waals surface area contributed by atoms with Gasteiger partial charge in [-0.05, 0) is 0 Å². The molecule has 0 aliphatic rings. The van der Waals surface area contributed by atoms with Crippen LogP contribution < -0.4 is 0 Å². The molecule has 0 amide bonds. The topological polar surface area (TPSA) is 60.0 Å². The van der Waals surface area contributed by atoms with Crippen LogP contribution in [0.3, 0.4) is 0 Å². The van der Waals surface area contributed by atoms with Crippen LogP contribution in [-0.4, -0.2) is 11.0 Å². The molecule has 0 rings (SSSR count). The summed E-state index contributed by atoms with van der Waals surface area (Å²) in [4.78, 5) is 0. The fourth-order valence-electron chi connectivity index (χ4n) is 0. The maximum absolute atomic E-state index is 0. The molecule has 0 heterocycles. The minimum absolute atomic E-state index is 0. The summed E-state index contributed by atoms with van der Waals surface area (Å²) >= 11 is 0. The van der Waals surface area contributed by atoms with E-state index in [1.807, 2.05) is 0 Å². The van der Waals surface area contributed by atoms with Crippen LogP contribution in [-0.2, 0) is 44.8 Å². The second kappa shape index (κ2) is 25.9. The summed E-state index contributed by atoms with van der Waals surface area (Å²) in [6, 6.07) is 0. The maximum Gasteiger partial charge on any atom is 1.00 e. The van der Waals surface area contributed by atoms with E-state index >= 15 is 0 Å². The largest absolute Gasteiger partial charge is 1.00 e. The Balaban J connectivity index is 0. The average molecular weight is 250 g/mol. The molecule has 0 unspecified atom stereocenters. The van der Waals surface area contributed by atoms with Gasteiger partial charge in [-0.2, -0.15) is 0 Å². The SMILES string of the molecule is [Ag+].[Ag+].[OH-].[OH-]. The van der Waals surface area contributed by atoms with Gasteiger partial charge in [-0.15, -0.1) is 0 Å². The molecule has 4 heavy (non-hydrogen) atoms. The van der Waals surface area contributed by atoms with Gasteiger partial charge in [0.25, 0.3) is 0 Å². The molecule has 0 bridgehead atoms. The fourth-order valence-corrected chi connectivity index (χ4v) is 0. The Morgan fingerprint density at radius 1 is 0.500 bits per heavy atom. The van der Waals surface area contributed by atoms with Gasteiger partial charge >= 0.3 is 44.8 Å². The summed E-state index contributed by atoms with van der Waals surface area (Å²) < 4.78 is 0. The van der Waals surface area contributed by atoms with Crippen LogP contribution in [0.1, 0.15) is 0 Å². The number of rotatable bonds is 0. The Hall–Kier alpha value is 1.40. The zero-order valence-corrected chi connectivity index (χ0v) is 4.46. The van der Waals surface area contributed by atoms with Crippen molar-refractivity contribution in [1.29, 1.82) is 0 Å². The molecule has 0 aromatic heterocycles. The van der Waals surface area contributed by atoms with Crippen LogP contribution in [0.25, 0.3) is 0 Å². The van der Waals surface area contributed by atoms with E-state index in [1.165, 1.54) is 0 Å². The van der Waals surface area contributed by atoms with Crippen molar-refractivity contribution < 1.29 is 55.7 Å². The fraction of sp³-hybridized carbons (Fsp3) is 0. The van der Waals surface area contributed by atoms with Crippen molar-refractivity contribution >= 4 is 0 Å². The molecule has 0 aliphatic heterocycles. The Kier molecular flexibility index (Phi) is 346. The summed E-state index contributed by atoms with van der Waals surface area (Å²) in [6.45, 7) is 0. The molecule has 2 nitrogen and oxygen atoms in total. The van der Waals surface area contributed by atoms with Gasteiger partial charge in [0.15, 0.2) is 0 Å². The van der Waals surface area contributed by atoms with Crippen molar-refractivity contribution in [2.24, 2.45) is 0 Å². The predicted molar refractivity (Wildman–Crippen MR) is 3.87 cm³/mol. The van der Waals surface area contributed by atoms with Gasteiger partial charge < -0.3 is 11.0 Å². The van der Waals surface area contributed by atoms with E-state index in [9.17, 15) is 0 Å². The first-order chi connectivity index (χ1) is 0. The van der Waals surface area contributed by atoms with E-state index in [2.05, 4.69) is 0 Å². The van der Waals surface area contributed by atoms with Gasteiger partial charge in [0.2, 0.25) is 0 Å². The van der Waals surface area contributed by atoms with Gasteiger partial charge in [-0.25, -0.2) is 0 Å². The molecule has 4 heteroatoms. The number of hydrogen-bond acceptors (Lipinski definition) is 2. The summed E-state index contributed by atoms with van der Waals surface area (Å²) in [5.41, 5.74) is 0. The minimum Gasteiger partial charge on any atom is -0.870 e. The van der Waals surface area contributed by atoms with Gasteiger partial charge in [0.1, 0.15) is 0 Å². The van der Waals surface area contributed by atoms with Gasteiger partial charge in [0, 0.05) is 0 Å². The van der Waals surface area contributed by atoms with E-state index in [-0.39, 0.29) is 55.7 Å². The summed E-state index contributed by atoms with van der Waals surface area (Å²) in [7, 11) is 0. The second-order valence-electron chi connectivity index (χ2n) is 0. The van der Waals surface area contributed by atoms with Crippen LogP contribution in [0.2, 0.25) is 0 Å². The Morgan fingerprint density at radius 3 is 0.500 bits per heavy atom. The minimum atomic E-state index is 0. The van der Waals surface area contributed by atoms with Crippen LogP contribution in [0.5, 0.6) is 0 Å². The van der Waals surface area contributed by atoms with Crippen molar-refractivity contribution in [1.82, 2.24) is 0 Å². The Bertz CT molecular complexity index is 4.00. The molecule has 0 radical (unpaired) electrons. The average Bonchev–Trinajstić information content (AvgIpc) is 0. The van der Waals surface area contributed by atoms with Crippen LogP contribution in [0.4, 0.5) is 0 Å². The molecular weight excluding hydrogens is 248 g/mol. The summed E-state index contributed by atoms with van der Waals surface area (Å²) in [5.74, 6) is 0. The first kappa shape index (κ1) is 53.3. The van der Waals surface area contributed by atoms with Crippen molar-refractivity contribution in [3.63, 3.8) is 0 Å². The van der Waals surface area contributed by atoms with Crippen molar-refractivity contribution in [2.45, 2.75) is 0 Å². The van der Waals surface area contributed by atoms with E-state index in [0.717, 1.165) is 0 Å². The summed E-state index contributed by atoms with van der Waals surface area (Å²) in [5, 5.41) is 0. The van der Waals surface area contributed by atoms with Crippen LogP contribution in [0, 0.1) is 0 Å². The van der Waals surface area contributed by atoms with Crippen LogP contribution >= 0.6 is 0 Å². The third kappa shape index (κ3) is 9.99. The van der Waals surface area contributed by atoms with Gasteiger partial charge in [0.05, 0.1) is 0 Å². The normalized spacial score (nSPS) is 0. The van der Waals surface area contributed by atoms with Gasteiger partial charge in [-0.1, -0.05) is 0 Å². The molecule has 0 aromatic rings. The van der Waals surface area contributed by atoms with E-state index in [1.54, 1.807) is 0 Å². The second-order valence-corrected chi connectivity index (χ2v) is 0. The smallest absolute Gasteiger partial charge is 0.870 e. The molecular formula is H2Ag2O2. The zero-order chi connectivity index (χ0) is 0. The molecule has 0 spiro atoms. The molecule has 0 atom stereocenters. The molecule has 0 aliphatic carbocycles. The maximum atomic E-state index is 0. The third-order valence-electron chi connectivity index (χ3n) is 0. The molecule has 0 saturated carbocycles. The molecule has 0 saturated heterocycles. The first-order valence-electron chi connectivity index (χ1n) is 0. The van der Waals surface area contributed by atoms with E-state index in [4.69, 9.17) is 0 Å². The summed E-state index contributed by atoms with van der Waals surface area (Å²) in [6.07, 6.45) is 0. The Labute approximate surface area is 55.6 Å². The first-order valence-corrected chi connectivity index (χ1v) is 0. The molecule has 36 valence electrons. The monoisotopic (exact) mass is 248 g/mol. The van der Waals surface area contributed by atoms with Crippen molar-refractivity contribution in [2.75, 3.05) is 0 Å². The van der Waals surface area contributed by atoms with Gasteiger partial charge in [-0.3, -0.25) is 0 Å². The third-order valence-corrected chi connectivity index (χ3v) is 0. The van der Waals surface area contributed by atoms with E-state index in [0.29, 0.717) is 0 Å². The van der Waals surface area contributed by atoms with Crippen molar-refractivity contribution in [3.05, 3.63) is 0 Å². The molecule has 0 aromatic carbocycles. The Morgan fingerprint density at radius 2 is 0.500 bits per heavy atom.